The molecule has 1 aliphatic rings. The second-order valence-corrected chi connectivity index (χ2v) is 7.15. The third kappa shape index (κ3) is 4.47. The van der Waals surface area contributed by atoms with Crippen LogP contribution in [0.3, 0.4) is 0 Å². The third-order valence-electron chi connectivity index (χ3n) is 4.86. The van der Waals surface area contributed by atoms with Crippen LogP contribution in [0.15, 0.2) is 48.8 Å². The number of nitriles is 1. The van der Waals surface area contributed by atoms with E-state index in [9.17, 15) is 22.8 Å². The number of fused-ring (bicyclic) bond motifs is 1. The van der Waals surface area contributed by atoms with Gasteiger partial charge in [-0.15, -0.1) is 13.2 Å². The van der Waals surface area contributed by atoms with Gasteiger partial charge in [0, 0.05) is 17.6 Å². The van der Waals surface area contributed by atoms with Crippen molar-refractivity contribution in [3.8, 4) is 11.8 Å². The molecule has 0 fully saturated rings. The maximum Gasteiger partial charge on any atom is 0.573 e. The summed E-state index contributed by atoms with van der Waals surface area (Å²) in [5.41, 5.74) is 0.827. The summed E-state index contributed by atoms with van der Waals surface area (Å²) in [6.45, 7) is 2.02. The van der Waals surface area contributed by atoms with Gasteiger partial charge in [-0.1, -0.05) is 0 Å². The largest absolute Gasteiger partial charge is 0.573 e. The molecular formula is C21H15F3N6O3. The Balaban J connectivity index is 1.60. The van der Waals surface area contributed by atoms with Crippen LogP contribution >= 0.6 is 0 Å². The number of nitrogens with one attached hydrogen (secondary N) is 1. The topological polar surface area (TPSA) is 113 Å². The van der Waals surface area contributed by atoms with Gasteiger partial charge in [-0.2, -0.15) is 10.4 Å². The molecule has 0 unspecified atom stereocenters. The second kappa shape index (κ2) is 8.27. The van der Waals surface area contributed by atoms with Crippen LogP contribution in [0.4, 0.5) is 24.5 Å². The monoisotopic (exact) mass is 456 g/mol. The van der Waals surface area contributed by atoms with E-state index in [1.807, 2.05) is 6.07 Å². The van der Waals surface area contributed by atoms with Gasteiger partial charge in [0.05, 0.1) is 24.3 Å². The van der Waals surface area contributed by atoms with Crippen molar-refractivity contribution < 1.29 is 27.5 Å². The summed E-state index contributed by atoms with van der Waals surface area (Å²) in [6, 6.07) is 9.25. The first-order valence-corrected chi connectivity index (χ1v) is 9.59. The summed E-state index contributed by atoms with van der Waals surface area (Å²) in [6.07, 6.45) is -2.19. The summed E-state index contributed by atoms with van der Waals surface area (Å²) in [5, 5.41) is 15.7. The van der Waals surface area contributed by atoms with Crippen LogP contribution in [0.5, 0.6) is 5.75 Å². The van der Waals surface area contributed by atoms with Gasteiger partial charge in [0.25, 0.3) is 11.8 Å². The van der Waals surface area contributed by atoms with Crippen molar-refractivity contribution in [3.05, 3.63) is 65.7 Å². The molecule has 1 aliphatic heterocycles. The Hall–Kier alpha value is -4.40. The van der Waals surface area contributed by atoms with Crippen molar-refractivity contribution in [1.82, 2.24) is 14.8 Å². The van der Waals surface area contributed by atoms with Gasteiger partial charge in [-0.25, -0.2) is 4.98 Å². The minimum atomic E-state index is -4.83. The number of carbonyl (C=O) groups is 2. The van der Waals surface area contributed by atoms with E-state index in [-0.39, 0.29) is 29.5 Å². The Labute approximate surface area is 185 Å². The van der Waals surface area contributed by atoms with Gasteiger partial charge in [0.15, 0.2) is 0 Å². The lowest BCUT2D eigenvalue weighted by Gasteiger charge is -2.34. The summed E-state index contributed by atoms with van der Waals surface area (Å²) >= 11 is 0. The highest BCUT2D eigenvalue weighted by Crippen LogP contribution is 2.30. The lowest BCUT2D eigenvalue weighted by Crippen LogP contribution is -2.47. The normalized spacial score (nSPS) is 15.5. The lowest BCUT2D eigenvalue weighted by atomic mass is 10.1. The number of ether oxygens (including phenoxy) is 1. The Morgan fingerprint density at radius 2 is 2.00 bits per heavy atom. The fraction of sp³-hybridized carbons (Fsp3) is 0.190. The van der Waals surface area contributed by atoms with Crippen molar-refractivity contribution in [1.29, 1.82) is 5.26 Å². The number of pyridine rings is 1. The van der Waals surface area contributed by atoms with Crippen LogP contribution in [0.1, 0.15) is 33.5 Å². The molecule has 9 nitrogen and oxygen atoms in total. The van der Waals surface area contributed by atoms with E-state index < -0.39 is 23.9 Å². The molecule has 2 amide bonds. The van der Waals surface area contributed by atoms with Crippen LogP contribution in [-0.4, -0.2) is 39.0 Å². The van der Waals surface area contributed by atoms with Crippen LogP contribution in [0.25, 0.3) is 0 Å². The summed E-state index contributed by atoms with van der Waals surface area (Å²) in [5.74, 6) is -1.56. The lowest BCUT2D eigenvalue weighted by molar-refractivity contribution is -0.274. The molecule has 1 aromatic carbocycles. The zero-order valence-electron chi connectivity index (χ0n) is 17.0. The van der Waals surface area contributed by atoms with E-state index in [4.69, 9.17) is 5.26 Å². The average molecular weight is 456 g/mol. The Morgan fingerprint density at radius 1 is 1.27 bits per heavy atom. The van der Waals surface area contributed by atoms with Crippen molar-refractivity contribution in [3.63, 3.8) is 0 Å². The van der Waals surface area contributed by atoms with Gasteiger partial charge < -0.3 is 15.0 Å². The highest BCUT2D eigenvalue weighted by atomic mass is 19.4. The number of amides is 2. The van der Waals surface area contributed by atoms with Crippen LogP contribution < -0.4 is 15.0 Å². The molecule has 1 atom stereocenters. The number of aromatic nitrogens is 3. The SMILES string of the molecule is C[C@H]1Cn2ncc(C(=O)Nc3ccnc(C#N)c3)c2C(=O)N1c1ccc(OC(F)(F)F)cc1. The molecule has 4 rings (SSSR count). The number of nitrogens with zero attached hydrogens (tertiary/aromatic N) is 5. The van der Waals surface area contributed by atoms with Gasteiger partial charge in [0.2, 0.25) is 0 Å². The van der Waals surface area contributed by atoms with E-state index in [0.29, 0.717) is 11.4 Å². The number of halogens is 3. The molecular weight excluding hydrogens is 441 g/mol. The zero-order chi connectivity index (χ0) is 23.8. The van der Waals surface area contributed by atoms with Crippen molar-refractivity contribution in [2.24, 2.45) is 0 Å². The van der Waals surface area contributed by atoms with Gasteiger partial charge >= 0.3 is 6.36 Å². The van der Waals surface area contributed by atoms with Crippen LogP contribution in [0.2, 0.25) is 0 Å². The molecule has 0 saturated heterocycles. The Bertz CT molecular complexity index is 1260. The highest BCUT2D eigenvalue weighted by molar-refractivity contribution is 6.15. The maximum absolute atomic E-state index is 13.3. The average Bonchev–Trinajstić information content (AvgIpc) is 3.18. The molecule has 3 heterocycles. The number of anilines is 2. The number of rotatable bonds is 4. The molecule has 2 aromatic heterocycles. The molecule has 12 heteroatoms. The molecule has 1 N–H and O–H groups in total. The fourth-order valence-electron chi connectivity index (χ4n) is 3.51. The van der Waals surface area contributed by atoms with Crippen LogP contribution in [0, 0.1) is 11.3 Å². The summed E-state index contributed by atoms with van der Waals surface area (Å²) < 4.78 is 42.5. The van der Waals surface area contributed by atoms with Gasteiger partial charge in [-0.05, 0) is 43.3 Å². The minimum Gasteiger partial charge on any atom is -0.406 e. The number of benzene rings is 1. The van der Waals surface area contributed by atoms with E-state index in [0.717, 1.165) is 12.1 Å². The first-order valence-electron chi connectivity index (χ1n) is 9.59. The minimum absolute atomic E-state index is 0.0178. The van der Waals surface area contributed by atoms with E-state index in [2.05, 4.69) is 20.1 Å². The quantitative estimate of drug-likeness (QED) is 0.644. The Morgan fingerprint density at radius 3 is 2.67 bits per heavy atom. The van der Waals surface area contributed by atoms with E-state index >= 15 is 0 Å². The zero-order valence-corrected chi connectivity index (χ0v) is 17.0. The predicted octanol–water partition coefficient (Wildman–Crippen LogP) is 3.35. The molecule has 0 bridgehead atoms. The summed E-state index contributed by atoms with van der Waals surface area (Å²) in [7, 11) is 0. The van der Waals surface area contributed by atoms with E-state index in [1.165, 1.54) is 46.2 Å². The molecule has 0 saturated carbocycles. The maximum atomic E-state index is 13.3. The molecule has 33 heavy (non-hydrogen) atoms. The first-order chi connectivity index (χ1) is 15.7. The Kier molecular flexibility index (Phi) is 5.47. The molecule has 3 aromatic rings. The smallest absolute Gasteiger partial charge is 0.406 e. The molecule has 168 valence electrons. The van der Waals surface area contributed by atoms with E-state index in [1.54, 1.807) is 6.92 Å². The molecule has 0 spiro atoms. The van der Waals surface area contributed by atoms with Crippen molar-refractivity contribution in [2.75, 3.05) is 10.2 Å². The first kappa shape index (κ1) is 21.8. The predicted molar refractivity (Wildman–Crippen MR) is 109 cm³/mol. The van der Waals surface area contributed by atoms with Gasteiger partial charge in [0.1, 0.15) is 23.2 Å². The standard InChI is InChI=1S/C21H15F3N6O3/c1-12-11-29-18(17(10-27-29)19(31)28-13-6-7-26-14(8-13)9-25)20(32)30(12)15-2-4-16(5-3-15)33-21(22,23)24/h2-8,10,12H,11H2,1H3,(H,26,28,31)/t12-/m0/s1. The second-order valence-electron chi connectivity index (χ2n) is 7.15. The van der Waals surface area contributed by atoms with Gasteiger partial charge in [-0.3, -0.25) is 14.3 Å². The molecule has 0 aliphatic carbocycles. The molecule has 0 radical (unpaired) electrons. The fourth-order valence-corrected chi connectivity index (χ4v) is 3.51. The number of hydrogen-bond acceptors (Lipinski definition) is 6. The number of alkyl halides is 3. The number of hydrogen-bond donors (Lipinski definition) is 1. The highest BCUT2D eigenvalue weighted by Gasteiger charge is 2.36. The van der Waals surface area contributed by atoms with Crippen molar-refractivity contribution >= 4 is 23.2 Å². The number of carbonyl (C=O) groups excluding carboxylic acids is 2. The third-order valence-corrected chi connectivity index (χ3v) is 4.86. The van der Waals surface area contributed by atoms with Crippen LogP contribution in [-0.2, 0) is 6.54 Å². The summed E-state index contributed by atoms with van der Waals surface area (Å²) in [4.78, 5) is 31.3. The van der Waals surface area contributed by atoms with Crippen molar-refractivity contribution in [2.45, 2.75) is 25.9 Å².